The fraction of sp³-hybridized carbons (Fsp3) is 0.526. The number of esters is 1. The van der Waals surface area contributed by atoms with Gasteiger partial charge in [0.05, 0.1) is 23.4 Å². The Morgan fingerprint density at radius 2 is 1.96 bits per heavy atom. The van der Waals surface area contributed by atoms with E-state index in [0.717, 1.165) is 12.8 Å². The number of methoxy groups -OCH3 is 1. The number of piperidine rings is 1. The smallest absolute Gasteiger partial charge is 0.337 e. The molecule has 0 saturated carbocycles. The van der Waals surface area contributed by atoms with Gasteiger partial charge < -0.3 is 19.7 Å². The van der Waals surface area contributed by atoms with Crippen LogP contribution in [0.15, 0.2) is 18.2 Å². The van der Waals surface area contributed by atoms with E-state index in [1.54, 1.807) is 17.0 Å². The van der Waals surface area contributed by atoms with Crippen LogP contribution >= 0.6 is 11.6 Å². The number of amides is 2. The maximum absolute atomic E-state index is 12.6. The molecule has 2 fully saturated rings. The fourth-order valence-corrected chi connectivity index (χ4v) is 3.60. The van der Waals surface area contributed by atoms with E-state index < -0.39 is 5.97 Å². The second-order valence-corrected chi connectivity index (χ2v) is 7.18. The molecule has 2 aliphatic rings. The number of anilines is 1. The quantitative estimate of drug-likeness (QED) is 0.793. The fourth-order valence-electron chi connectivity index (χ4n) is 3.44. The summed E-state index contributed by atoms with van der Waals surface area (Å²) >= 11 is 6.13. The van der Waals surface area contributed by atoms with Gasteiger partial charge in [-0.2, -0.15) is 0 Å². The summed E-state index contributed by atoms with van der Waals surface area (Å²) in [6, 6.07) is 4.59. The van der Waals surface area contributed by atoms with Crippen LogP contribution in [0.4, 0.5) is 5.69 Å². The predicted octanol–water partition coefficient (Wildman–Crippen LogP) is 2.48. The summed E-state index contributed by atoms with van der Waals surface area (Å²) in [5.41, 5.74) is 0.691. The predicted molar refractivity (Wildman–Crippen MR) is 99.7 cm³/mol. The Morgan fingerprint density at radius 1 is 1.22 bits per heavy atom. The lowest BCUT2D eigenvalue weighted by molar-refractivity contribution is -0.143. The molecular formula is C19H23ClN2O5. The number of rotatable bonds is 4. The highest BCUT2D eigenvalue weighted by Crippen LogP contribution is 2.26. The molecular weight excluding hydrogens is 372 g/mol. The van der Waals surface area contributed by atoms with Gasteiger partial charge in [-0.1, -0.05) is 11.6 Å². The average Bonchev–Trinajstić information content (AvgIpc) is 3.23. The van der Waals surface area contributed by atoms with Crippen molar-refractivity contribution in [3.05, 3.63) is 28.8 Å². The van der Waals surface area contributed by atoms with Crippen LogP contribution in [0.5, 0.6) is 0 Å². The summed E-state index contributed by atoms with van der Waals surface area (Å²) in [4.78, 5) is 38.4. The molecule has 2 heterocycles. The first-order chi connectivity index (χ1) is 13.0. The Hall–Kier alpha value is -2.12. The van der Waals surface area contributed by atoms with Crippen LogP contribution in [0.2, 0.25) is 5.02 Å². The monoisotopic (exact) mass is 394 g/mol. The highest BCUT2D eigenvalue weighted by atomic mass is 35.5. The maximum atomic E-state index is 12.6. The Kier molecular flexibility index (Phi) is 6.34. The molecule has 2 aliphatic heterocycles. The molecule has 27 heavy (non-hydrogen) atoms. The summed E-state index contributed by atoms with van der Waals surface area (Å²) in [6.45, 7) is 1.71. The second-order valence-electron chi connectivity index (χ2n) is 6.78. The number of halogens is 1. The van der Waals surface area contributed by atoms with Gasteiger partial charge in [0.15, 0.2) is 0 Å². The maximum Gasteiger partial charge on any atom is 0.337 e. The van der Waals surface area contributed by atoms with E-state index in [-0.39, 0.29) is 23.8 Å². The molecule has 0 aromatic heterocycles. The number of carbonyl (C=O) groups excluding carboxylic acids is 3. The number of benzene rings is 1. The van der Waals surface area contributed by atoms with Gasteiger partial charge in [0, 0.05) is 25.6 Å². The van der Waals surface area contributed by atoms with Crippen molar-refractivity contribution in [3.8, 4) is 0 Å². The Balaban J connectivity index is 1.57. The third-order valence-corrected chi connectivity index (χ3v) is 5.36. The summed E-state index contributed by atoms with van der Waals surface area (Å²) in [7, 11) is 1.29. The number of ether oxygens (including phenoxy) is 2. The molecule has 2 saturated heterocycles. The third kappa shape index (κ3) is 4.59. The minimum atomic E-state index is -0.497. The van der Waals surface area contributed by atoms with Crippen molar-refractivity contribution in [1.82, 2.24) is 4.90 Å². The van der Waals surface area contributed by atoms with Crippen LogP contribution in [0.25, 0.3) is 0 Å². The van der Waals surface area contributed by atoms with Crippen LogP contribution in [-0.2, 0) is 19.1 Å². The zero-order valence-electron chi connectivity index (χ0n) is 15.2. The first kappa shape index (κ1) is 19.6. The molecule has 2 amide bonds. The molecule has 1 aromatic carbocycles. The summed E-state index contributed by atoms with van der Waals surface area (Å²) in [5, 5.41) is 3.14. The molecule has 8 heteroatoms. The van der Waals surface area contributed by atoms with E-state index in [1.807, 2.05) is 0 Å². The lowest BCUT2D eigenvalue weighted by Crippen LogP contribution is -2.45. The van der Waals surface area contributed by atoms with E-state index in [0.29, 0.717) is 48.8 Å². The van der Waals surface area contributed by atoms with Crippen molar-refractivity contribution in [3.63, 3.8) is 0 Å². The van der Waals surface area contributed by atoms with Crippen LogP contribution in [-0.4, -0.2) is 55.6 Å². The molecule has 1 atom stereocenters. The molecule has 7 nitrogen and oxygen atoms in total. The first-order valence-electron chi connectivity index (χ1n) is 9.08. The van der Waals surface area contributed by atoms with Crippen molar-refractivity contribution in [2.75, 3.05) is 32.1 Å². The molecule has 0 bridgehead atoms. The molecule has 1 N–H and O–H groups in total. The molecule has 0 aliphatic carbocycles. The molecule has 3 rings (SSSR count). The van der Waals surface area contributed by atoms with Crippen molar-refractivity contribution < 1.29 is 23.9 Å². The average molecular weight is 395 g/mol. The molecule has 0 radical (unpaired) electrons. The minimum absolute atomic E-state index is 0.0279. The number of nitrogens with one attached hydrogen (secondary N) is 1. The van der Waals surface area contributed by atoms with Crippen molar-refractivity contribution in [2.24, 2.45) is 5.92 Å². The number of hydrogen-bond acceptors (Lipinski definition) is 5. The van der Waals surface area contributed by atoms with Crippen LogP contribution in [0.1, 0.15) is 36.0 Å². The van der Waals surface area contributed by atoms with E-state index in [1.165, 1.54) is 13.2 Å². The van der Waals surface area contributed by atoms with Gasteiger partial charge in [0.25, 0.3) is 5.91 Å². The van der Waals surface area contributed by atoms with Crippen molar-refractivity contribution in [1.29, 1.82) is 0 Å². The van der Waals surface area contributed by atoms with Gasteiger partial charge in [-0.3, -0.25) is 9.59 Å². The zero-order chi connectivity index (χ0) is 19.4. The zero-order valence-corrected chi connectivity index (χ0v) is 16.0. The Morgan fingerprint density at radius 3 is 2.59 bits per heavy atom. The van der Waals surface area contributed by atoms with Crippen LogP contribution < -0.4 is 5.32 Å². The van der Waals surface area contributed by atoms with Crippen LogP contribution in [0.3, 0.4) is 0 Å². The van der Waals surface area contributed by atoms with E-state index in [2.05, 4.69) is 10.1 Å². The molecule has 0 spiro atoms. The van der Waals surface area contributed by atoms with E-state index >= 15 is 0 Å². The minimum Gasteiger partial charge on any atom is -0.465 e. The SMILES string of the molecule is COC(=O)c1ccc(Cl)c(NC(=O)C2CCN(C(=O)C3CCCO3)CC2)c1. The van der Waals surface area contributed by atoms with Crippen molar-refractivity contribution >= 4 is 35.1 Å². The van der Waals surface area contributed by atoms with Crippen molar-refractivity contribution in [2.45, 2.75) is 31.8 Å². The third-order valence-electron chi connectivity index (χ3n) is 5.03. The lowest BCUT2D eigenvalue weighted by Gasteiger charge is -2.32. The van der Waals surface area contributed by atoms with E-state index in [9.17, 15) is 14.4 Å². The Labute approximate surface area is 162 Å². The first-order valence-corrected chi connectivity index (χ1v) is 9.46. The highest BCUT2D eigenvalue weighted by Gasteiger charge is 2.32. The second kappa shape index (κ2) is 8.71. The largest absolute Gasteiger partial charge is 0.465 e. The van der Waals surface area contributed by atoms with Gasteiger partial charge in [-0.05, 0) is 43.9 Å². The molecule has 1 aromatic rings. The molecule has 1 unspecified atom stereocenters. The standard InChI is InChI=1S/C19H23ClN2O5/c1-26-19(25)13-4-5-14(20)15(11-13)21-17(23)12-6-8-22(9-7-12)18(24)16-3-2-10-27-16/h4-5,11-12,16H,2-3,6-10H2,1H3,(H,21,23). The number of carbonyl (C=O) groups is 3. The van der Waals surface area contributed by atoms with Gasteiger partial charge >= 0.3 is 5.97 Å². The van der Waals surface area contributed by atoms with Gasteiger partial charge in [-0.25, -0.2) is 4.79 Å². The van der Waals surface area contributed by atoms with Gasteiger partial charge in [0.2, 0.25) is 5.91 Å². The summed E-state index contributed by atoms with van der Waals surface area (Å²) in [5.74, 6) is -0.845. The van der Waals surface area contributed by atoms with E-state index in [4.69, 9.17) is 16.3 Å². The summed E-state index contributed by atoms with van der Waals surface area (Å²) in [6.07, 6.45) is 2.53. The number of nitrogens with zero attached hydrogens (tertiary/aromatic N) is 1. The lowest BCUT2D eigenvalue weighted by atomic mass is 9.95. The number of hydrogen-bond donors (Lipinski definition) is 1. The normalized spacial score (nSPS) is 20.4. The summed E-state index contributed by atoms with van der Waals surface area (Å²) < 4.78 is 10.1. The number of likely N-dealkylation sites (tertiary alicyclic amines) is 1. The van der Waals surface area contributed by atoms with Gasteiger partial charge in [-0.15, -0.1) is 0 Å². The van der Waals surface area contributed by atoms with Crippen LogP contribution in [0, 0.1) is 5.92 Å². The topological polar surface area (TPSA) is 84.9 Å². The highest BCUT2D eigenvalue weighted by molar-refractivity contribution is 6.33. The van der Waals surface area contributed by atoms with Gasteiger partial charge in [0.1, 0.15) is 6.10 Å². The molecule has 146 valence electrons. The Bertz CT molecular complexity index is 725.